The Hall–Kier alpha value is -2.63. The minimum atomic E-state index is -0.186. The second kappa shape index (κ2) is 8.59. The number of carbonyl (C=O) groups is 1. The molecule has 148 valence electrons. The highest BCUT2D eigenvalue weighted by atomic mass is 16.1. The maximum atomic E-state index is 12.8. The van der Waals surface area contributed by atoms with E-state index in [0.29, 0.717) is 11.6 Å². The van der Waals surface area contributed by atoms with E-state index in [1.54, 1.807) is 6.07 Å². The van der Waals surface area contributed by atoms with Gasteiger partial charge in [-0.05, 0) is 75.8 Å². The molecule has 0 bridgehead atoms. The summed E-state index contributed by atoms with van der Waals surface area (Å²) in [5.41, 5.74) is 3.26. The molecule has 28 heavy (non-hydrogen) atoms. The smallest absolute Gasteiger partial charge is 0.274 e. The minimum Gasteiger partial charge on any atom is -0.372 e. The van der Waals surface area contributed by atoms with E-state index in [1.165, 1.54) is 31.4 Å². The Morgan fingerprint density at radius 2 is 1.46 bits per heavy atom. The summed E-state index contributed by atoms with van der Waals surface area (Å²) in [6, 6.07) is 9.88. The summed E-state index contributed by atoms with van der Waals surface area (Å²) < 4.78 is 0. The van der Waals surface area contributed by atoms with Crippen LogP contribution in [0.3, 0.4) is 0 Å². The van der Waals surface area contributed by atoms with Gasteiger partial charge in [-0.15, -0.1) is 0 Å². The molecule has 0 unspecified atom stereocenters. The summed E-state index contributed by atoms with van der Waals surface area (Å²) in [6.07, 6.45) is 7.39. The molecule has 0 atom stereocenters. The lowest BCUT2D eigenvalue weighted by Gasteiger charge is -2.28. The van der Waals surface area contributed by atoms with Crippen molar-refractivity contribution in [3.05, 3.63) is 41.7 Å². The van der Waals surface area contributed by atoms with Crippen LogP contribution < -0.4 is 15.1 Å². The third kappa shape index (κ3) is 4.43. The van der Waals surface area contributed by atoms with Gasteiger partial charge in [0, 0.05) is 43.2 Å². The monoisotopic (exact) mass is 379 g/mol. The van der Waals surface area contributed by atoms with Crippen LogP contribution in [0.4, 0.5) is 17.3 Å². The van der Waals surface area contributed by atoms with Gasteiger partial charge in [0.05, 0.1) is 0 Å². The van der Waals surface area contributed by atoms with Crippen LogP contribution in [-0.4, -0.2) is 42.1 Å². The first kappa shape index (κ1) is 18.7. The van der Waals surface area contributed by atoms with Gasteiger partial charge in [0.1, 0.15) is 5.69 Å². The molecule has 2 aliphatic rings. The van der Waals surface area contributed by atoms with Gasteiger partial charge in [-0.2, -0.15) is 0 Å². The molecule has 2 aromatic rings. The fourth-order valence-electron chi connectivity index (χ4n) is 4.01. The molecule has 6 heteroatoms. The molecule has 0 aliphatic carbocycles. The van der Waals surface area contributed by atoms with Gasteiger partial charge in [-0.3, -0.25) is 4.79 Å². The van der Waals surface area contributed by atoms with E-state index in [2.05, 4.69) is 37.2 Å². The molecule has 1 N–H and O–H groups in total. The van der Waals surface area contributed by atoms with Crippen molar-refractivity contribution in [3.8, 4) is 0 Å². The fraction of sp³-hybridized carbons (Fsp3) is 0.500. The van der Waals surface area contributed by atoms with Crippen LogP contribution in [0.25, 0.3) is 0 Å². The third-order valence-corrected chi connectivity index (χ3v) is 5.56. The molecule has 0 spiro atoms. The molecule has 4 rings (SSSR count). The molecule has 1 amide bonds. The predicted molar refractivity (Wildman–Crippen MR) is 113 cm³/mol. The zero-order chi connectivity index (χ0) is 19.3. The van der Waals surface area contributed by atoms with E-state index in [9.17, 15) is 4.79 Å². The van der Waals surface area contributed by atoms with E-state index < -0.39 is 0 Å². The van der Waals surface area contributed by atoms with E-state index in [4.69, 9.17) is 0 Å². The number of nitrogens with zero attached hydrogens (tertiary/aromatic N) is 4. The van der Waals surface area contributed by atoms with Crippen molar-refractivity contribution >= 4 is 23.2 Å². The number of aromatic nitrogens is 2. The molecular formula is C22H29N5O. The highest BCUT2D eigenvalue weighted by Crippen LogP contribution is 2.22. The summed E-state index contributed by atoms with van der Waals surface area (Å²) >= 11 is 0. The maximum Gasteiger partial charge on any atom is 0.274 e. The molecular weight excluding hydrogens is 350 g/mol. The second-order valence-electron chi connectivity index (χ2n) is 7.79. The number of carbonyl (C=O) groups excluding carboxylic acids is 1. The Kier molecular flexibility index (Phi) is 5.74. The maximum absolute atomic E-state index is 12.8. The van der Waals surface area contributed by atoms with E-state index >= 15 is 0 Å². The number of nitrogens with one attached hydrogen (secondary N) is 1. The number of hydrogen-bond acceptors (Lipinski definition) is 5. The Bertz CT molecular complexity index is 808. The molecule has 0 radical (unpaired) electrons. The zero-order valence-corrected chi connectivity index (χ0v) is 16.7. The lowest BCUT2D eigenvalue weighted by atomic mass is 10.1. The highest BCUT2D eigenvalue weighted by molar-refractivity contribution is 6.03. The Morgan fingerprint density at radius 1 is 0.857 bits per heavy atom. The third-order valence-electron chi connectivity index (χ3n) is 5.56. The fourth-order valence-corrected chi connectivity index (χ4v) is 4.01. The SMILES string of the molecule is Cc1cc(C(=O)Nc2ccc(N3CCCCC3)cc2)nc(N2CCCCC2)n1. The zero-order valence-electron chi connectivity index (χ0n) is 16.7. The van der Waals surface area contributed by atoms with Crippen molar-refractivity contribution in [1.29, 1.82) is 0 Å². The van der Waals surface area contributed by atoms with Crippen molar-refractivity contribution in [3.63, 3.8) is 0 Å². The molecule has 6 nitrogen and oxygen atoms in total. The number of piperidine rings is 2. The average Bonchev–Trinajstić information content (AvgIpc) is 2.75. The Balaban J connectivity index is 1.45. The number of amides is 1. The van der Waals surface area contributed by atoms with Gasteiger partial charge in [0.25, 0.3) is 5.91 Å². The molecule has 0 saturated carbocycles. The van der Waals surface area contributed by atoms with Crippen LogP contribution in [0, 0.1) is 6.92 Å². The van der Waals surface area contributed by atoms with E-state index in [1.807, 2.05) is 19.1 Å². The van der Waals surface area contributed by atoms with Gasteiger partial charge >= 0.3 is 0 Å². The largest absolute Gasteiger partial charge is 0.372 e. The summed E-state index contributed by atoms with van der Waals surface area (Å²) in [7, 11) is 0. The standard InChI is InChI=1S/C22H29N5O/c1-17-16-20(25-22(23-17)27-14-6-3-7-15-27)21(28)24-18-8-10-19(11-9-18)26-12-4-2-5-13-26/h8-11,16H,2-7,12-15H2,1H3,(H,24,28). The summed E-state index contributed by atoms with van der Waals surface area (Å²) in [4.78, 5) is 26.4. The first-order chi connectivity index (χ1) is 13.7. The van der Waals surface area contributed by atoms with Crippen molar-refractivity contribution in [2.75, 3.05) is 41.3 Å². The second-order valence-corrected chi connectivity index (χ2v) is 7.79. The topological polar surface area (TPSA) is 61.4 Å². The number of anilines is 3. The molecule has 2 fully saturated rings. The molecule has 1 aromatic carbocycles. The van der Waals surface area contributed by atoms with Crippen LogP contribution in [0.2, 0.25) is 0 Å². The van der Waals surface area contributed by atoms with Crippen LogP contribution >= 0.6 is 0 Å². The quantitative estimate of drug-likeness (QED) is 0.869. The minimum absolute atomic E-state index is 0.186. The molecule has 3 heterocycles. The van der Waals surface area contributed by atoms with Crippen molar-refractivity contribution in [1.82, 2.24) is 9.97 Å². The van der Waals surface area contributed by atoms with E-state index in [-0.39, 0.29) is 5.91 Å². The van der Waals surface area contributed by atoms with Crippen molar-refractivity contribution < 1.29 is 4.79 Å². The summed E-state index contributed by atoms with van der Waals surface area (Å²) in [5.74, 6) is 0.486. The van der Waals surface area contributed by atoms with Gasteiger partial charge in [0.15, 0.2) is 0 Å². The Labute approximate surface area is 167 Å². The normalized spacial score (nSPS) is 17.5. The highest BCUT2D eigenvalue weighted by Gasteiger charge is 2.17. The molecule has 1 aromatic heterocycles. The molecule has 2 saturated heterocycles. The van der Waals surface area contributed by atoms with E-state index in [0.717, 1.165) is 50.4 Å². The lowest BCUT2D eigenvalue weighted by Crippen LogP contribution is -2.31. The predicted octanol–water partition coefficient (Wildman–Crippen LogP) is 4.02. The van der Waals surface area contributed by atoms with Gasteiger partial charge in [0.2, 0.25) is 5.95 Å². The van der Waals surface area contributed by atoms with Crippen LogP contribution in [-0.2, 0) is 0 Å². The first-order valence-corrected chi connectivity index (χ1v) is 10.5. The number of aryl methyl sites for hydroxylation is 1. The van der Waals surface area contributed by atoms with Gasteiger partial charge < -0.3 is 15.1 Å². The summed E-state index contributed by atoms with van der Waals surface area (Å²) in [6.45, 7) is 6.07. The molecule has 2 aliphatic heterocycles. The van der Waals surface area contributed by atoms with Gasteiger partial charge in [-0.25, -0.2) is 9.97 Å². The summed E-state index contributed by atoms with van der Waals surface area (Å²) in [5, 5.41) is 2.98. The average molecular weight is 380 g/mol. The van der Waals surface area contributed by atoms with Crippen LogP contribution in [0.1, 0.15) is 54.7 Å². The number of benzene rings is 1. The van der Waals surface area contributed by atoms with Gasteiger partial charge in [-0.1, -0.05) is 0 Å². The lowest BCUT2D eigenvalue weighted by molar-refractivity contribution is 0.102. The van der Waals surface area contributed by atoms with Crippen LogP contribution in [0.5, 0.6) is 0 Å². The Morgan fingerprint density at radius 3 is 2.11 bits per heavy atom. The van der Waals surface area contributed by atoms with Crippen LogP contribution in [0.15, 0.2) is 30.3 Å². The number of rotatable bonds is 4. The first-order valence-electron chi connectivity index (χ1n) is 10.5. The van der Waals surface area contributed by atoms with Crippen molar-refractivity contribution in [2.45, 2.75) is 45.4 Å². The van der Waals surface area contributed by atoms with Crippen molar-refractivity contribution in [2.24, 2.45) is 0 Å². The number of hydrogen-bond donors (Lipinski definition) is 1.